The maximum absolute atomic E-state index is 4.83. The van der Waals surface area contributed by atoms with Crippen LogP contribution >= 0.6 is 0 Å². The number of aliphatic imine (C=N–C) groups is 1. The zero-order chi connectivity index (χ0) is 15.8. The number of allylic oxidation sites excluding steroid dienone is 1. The summed E-state index contributed by atoms with van der Waals surface area (Å²) in [6, 6.07) is 0.865. The van der Waals surface area contributed by atoms with E-state index in [0.717, 1.165) is 56.9 Å². The molecule has 0 aromatic carbocycles. The first-order chi connectivity index (χ1) is 10.7. The molecule has 4 heteroatoms. The molecule has 2 aliphatic carbocycles. The fourth-order valence-corrected chi connectivity index (χ4v) is 2.83. The van der Waals surface area contributed by atoms with Crippen molar-refractivity contribution in [3.63, 3.8) is 0 Å². The van der Waals surface area contributed by atoms with Crippen LogP contribution in [0.4, 0.5) is 0 Å². The third kappa shape index (κ3) is 6.39. The molecule has 2 saturated carbocycles. The quantitative estimate of drug-likeness (QED) is 0.276. The minimum atomic E-state index is 0.865. The molecule has 0 spiro atoms. The van der Waals surface area contributed by atoms with Gasteiger partial charge < -0.3 is 10.2 Å². The van der Waals surface area contributed by atoms with Gasteiger partial charge in [-0.2, -0.15) is 0 Å². The lowest BCUT2D eigenvalue weighted by Gasteiger charge is -2.24. The first kappa shape index (κ1) is 17.3. The van der Waals surface area contributed by atoms with Crippen LogP contribution in [0.1, 0.15) is 45.4 Å². The second-order valence-electron chi connectivity index (χ2n) is 6.76. The highest BCUT2D eigenvalue weighted by atomic mass is 15.3. The summed E-state index contributed by atoms with van der Waals surface area (Å²) in [6.45, 7) is 11.2. The molecule has 0 heterocycles. The topological polar surface area (TPSA) is 30.9 Å². The van der Waals surface area contributed by atoms with Crippen LogP contribution in [0.25, 0.3) is 0 Å². The molecule has 0 unspecified atom stereocenters. The lowest BCUT2D eigenvalue weighted by Crippen LogP contribution is -2.40. The highest BCUT2D eigenvalue weighted by Crippen LogP contribution is 2.34. The lowest BCUT2D eigenvalue weighted by molar-refractivity contribution is 0.259. The monoisotopic (exact) mass is 306 g/mol. The van der Waals surface area contributed by atoms with Gasteiger partial charge in [0.1, 0.15) is 0 Å². The van der Waals surface area contributed by atoms with Gasteiger partial charge in [-0.25, -0.2) is 0 Å². The Morgan fingerprint density at radius 2 is 2.05 bits per heavy atom. The maximum atomic E-state index is 4.83. The molecule has 22 heavy (non-hydrogen) atoms. The Bertz CT molecular complexity index is 358. The van der Waals surface area contributed by atoms with Crippen molar-refractivity contribution in [3.05, 3.63) is 12.7 Å². The van der Waals surface area contributed by atoms with Gasteiger partial charge in [0.25, 0.3) is 0 Å². The molecule has 4 nitrogen and oxygen atoms in total. The van der Waals surface area contributed by atoms with E-state index in [2.05, 4.69) is 35.7 Å². The molecule has 2 aliphatic rings. The Morgan fingerprint density at radius 3 is 2.64 bits per heavy atom. The molecular formula is C18H34N4. The molecule has 0 aromatic heterocycles. The molecule has 1 N–H and O–H groups in total. The van der Waals surface area contributed by atoms with Crippen LogP contribution in [-0.4, -0.2) is 61.6 Å². The second-order valence-corrected chi connectivity index (χ2v) is 6.76. The van der Waals surface area contributed by atoms with Gasteiger partial charge in [-0.15, -0.1) is 6.58 Å². The van der Waals surface area contributed by atoms with Crippen LogP contribution < -0.4 is 5.32 Å². The molecule has 0 amide bonds. The maximum Gasteiger partial charge on any atom is 0.193 e. The van der Waals surface area contributed by atoms with Crippen molar-refractivity contribution in [2.75, 3.05) is 39.8 Å². The summed E-state index contributed by atoms with van der Waals surface area (Å²) < 4.78 is 0. The van der Waals surface area contributed by atoms with E-state index in [1.807, 2.05) is 6.08 Å². The van der Waals surface area contributed by atoms with Crippen LogP contribution in [0.5, 0.6) is 0 Å². The fraction of sp³-hybridized carbons (Fsp3) is 0.833. The van der Waals surface area contributed by atoms with Crippen molar-refractivity contribution < 1.29 is 0 Å². The first-order valence-electron chi connectivity index (χ1n) is 9.09. The minimum absolute atomic E-state index is 0.865. The normalized spacial score (nSPS) is 18.6. The average molecular weight is 306 g/mol. The average Bonchev–Trinajstić information content (AvgIpc) is 3.38. The number of unbranched alkanes of at least 4 members (excludes halogenated alkanes) is 1. The number of nitrogens with one attached hydrogen (secondary N) is 1. The number of hydrogen-bond donors (Lipinski definition) is 1. The van der Waals surface area contributed by atoms with Crippen LogP contribution in [0.2, 0.25) is 0 Å². The van der Waals surface area contributed by atoms with E-state index in [-0.39, 0.29) is 0 Å². The molecule has 0 radical (unpaired) electrons. The summed E-state index contributed by atoms with van der Waals surface area (Å²) in [5, 5.41) is 3.41. The van der Waals surface area contributed by atoms with Gasteiger partial charge in [0.2, 0.25) is 0 Å². The van der Waals surface area contributed by atoms with Crippen molar-refractivity contribution in [1.29, 1.82) is 0 Å². The van der Waals surface area contributed by atoms with Gasteiger partial charge >= 0.3 is 0 Å². The van der Waals surface area contributed by atoms with Crippen LogP contribution in [0, 0.1) is 5.92 Å². The zero-order valence-corrected chi connectivity index (χ0v) is 14.6. The Labute approximate surface area is 136 Å². The van der Waals surface area contributed by atoms with E-state index in [1.54, 1.807) is 0 Å². The van der Waals surface area contributed by atoms with Crippen molar-refractivity contribution >= 4 is 5.96 Å². The number of rotatable bonds is 11. The van der Waals surface area contributed by atoms with Crippen LogP contribution in [0.3, 0.4) is 0 Å². The summed E-state index contributed by atoms with van der Waals surface area (Å²) in [5.41, 5.74) is 0. The summed E-state index contributed by atoms with van der Waals surface area (Å²) in [6.07, 6.45) is 9.89. The van der Waals surface area contributed by atoms with E-state index in [4.69, 9.17) is 4.99 Å². The first-order valence-corrected chi connectivity index (χ1v) is 9.09. The summed E-state index contributed by atoms with van der Waals surface area (Å²) >= 11 is 0. The second kappa shape index (κ2) is 9.19. The molecular weight excluding hydrogens is 272 g/mol. The van der Waals surface area contributed by atoms with Gasteiger partial charge in [0.15, 0.2) is 5.96 Å². The van der Waals surface area contributed by atoms with Gasteiger partial charge in [0, 0.05) is 39.3 Å². The highest BCUT2D eigenvalue weighted by molar-refractivity contribution is 5.79. The molecule has 126 valence electrons. The molecule has 0 aliphatic heterocycles. The molecule has 0 atom stereocenters. The van der Waals surface area contributed by atoms with Crippen molar-refractivity contribution in [2.45, 2.75) is 51.5 Å². The smallest absolute Gasteiger partial charge is 0.193 e. The number of nitrogens with zero attached hydrogens (tertiary/aromatic N) is 3. The Hall–Kier alpha value is -1.03. The predicted molar refractivity (Wildman–Crippen MR) is 95.4 cm³/mol. The number of hydrogen-bond acceptors (Lipinski definition) is 2. The Balaban J connectivity index is 1.75. The third-order valence-corrected chi connectivity index (χ3v) is 4.50. The predicted octanol–water partition coefficient (Wildman–Crippen LogP) is 2.72. The van der Waals surface area contributed by atoms with Crippen molar-refractivity contribution in [1.82, 2.24) is 15.1 Å². The van der Waals surface area contributed by atoms with Gasteiger partial charge in [0.05, 0.1) is 6.54 Å². The van der Waals surface area contributed by atoms with Crippen LogP contribution in [0.15, 0.2) is 17.6 Å². The Kier molecular flexibility index (Phi) is 7.23. The number of guanidine groups is 1. The van der Waals surface area contributed by atoms with Gasteiger partial charge in [-0.1, -0.05) is 6.08 Å². The minimum Gasteiger partial charge on any atom is -0.357 e. The van der Waals surface area contributed by atoms with E-state index in [9.17, 15) is 0 Å². The SMILES string of the molecule is C=CCCCN(C)C(=NCCN(CC1CC1)C1CC1)NCC. The molecule has 0 saturated heterocycles. The Morgan fingerprint density at radius 1 is 1.27 bits per heavy atom. The molecule has 2 rings (SSSR count). The summed E-state index contributed by atoms with van der Waals surface area (Å²) in [5.74, 6) is 2.04. The largest absolute Gasteiger partial charge is 0.357 e. The summed E-state index contributed by atoms with van der Waals surface area (Å²) in [7, 11) is 2.13. The van der Waals surface area contributed by atoms with Crippen molar-refractivity contribution in [2.24, 2.45) is 10.9 Å². The fourth-order valence-electron chi connectivity index (χ4n) is 2.83. The van der Waals surface area contributed by atoms with Crippen molar-refractivity contribution in [3.8, 4) is 0 Å². The third-order valence-electron chi connectivity index (χ3n) is 4.50. The van der Waals surface area contributed by atoms with E-state index < -0.39 is 0 Å². The van der Waals surface area contributed by atoms with Crippen LogP contribution in [-0.2, 0) is 0 Å². The lowest BCUT2D eigenvalue weighted by atomic mass is 10.3. The molecule has 0 bridgehead atoms. The molecule has 2 fully saturated rings. The molecule has 0 aromatic rings. The summed E-state index contributed by atoms with van der Waals surface area (Å²) in [4.78, 5) is 9.76. The van der Waals surface area contributed by atoms with Gasteiger partial charge in [-0.05, 0) is 51.4 Å². The zero-order valence-electron chi connectivity index (χ0n) is 14.6. The van der Waals surface area contributed by atoms with E-state index in [0.29, 0.717) is 0 Å². The van der Waals surface area contributed by atoms with Gasteiger partial charge in [-0.3, -0.25) is 9.89 Å². The highest BCUT2D eigenvalue weighted by Gasteiger charge is 2.33. The standard InChI is InChI=1S/C18H34N4/c1-4-6-7-13-21(3)18(19-5-2)20-12-14-22(17-10-11-17)15-16-8-9-16/h4,16-17H,1,5-15H2,2-3H3,(H,19,20). The van der Waals surface area contributed by atoms with E-state index >= 15 is 0 Å². The van der Waals surface area contributed by atoms with E-state index in [1.165, 1.54) is 32.2 Å².